The van der Waals surface area contributed by atoms with Crippen molar-refractivity contribution >= 4 is 11.9 Å². The molecule has 0 radical (unpaired) electrons. The number of aromatic amines is 1. The first-order chi connectivity index (χ1) is 9.49. The number of aliphatic carboxylic acids is 1. The topological polar surface area (TPSA) is 95.1 Å². The van der Waals surface area contributed by atoms with Crippen LogP contribution >= 0.6 is 0 Å². The van der Waals surface area contributed by atoms with E-state index in [1.165, 1.54) is 0 Å². The SMILES string of the molecule is CCC(CC)(CC(=O)O)NC(=O)c1cc(C2CC2)[nH]n1. The van der Waals surface area contributed by atoms with Crippen molar-refractivity contribution in [3.63, 3.8) is 0 Å². The lowest BCUT2D eigenvalue weighted by atomic mass is 9.89. The number of carboxylic acids is 1. The highest BCUT2D eigenvalue weighted by molar-refractivity contribution is 5.93. The minimum absolute atomic E-state index is 0.0777. The number of aromatic nitrogens is 2. The normalized spacial score (nSPS) is 15.1. The molecule has 1 aromatic heterocycles. The zero-order chi connectivity index (χ0) is 14.8. The summed E-state index contributed by atoms with van der Waals surface area (Å²) in [6.45, 7) is 3.76. The van der Waals surface area contributed by atoms with Crippen molar-refractivity contribution in [2.24, 2.45) is 0 Å². The molecule has 1 fully saturated rings. The largest absolute Gasteiger partial charge is 0.481 e. The molecule has 6 nitrogen and oxygen atoms in total. The van der Waals surface area contributed by atoms with E-state index >= 15 is 0 Å². The highest BCUT2D eigenvalue weighted by Crippen LogP contribution is 2.39. The van der Waals surface area contributed by atoms with Crippen molar-refractivity contribution in [3.8, 4) is 0 Å². The van der Waals surface area contributed by atoms with Gasteiger partial charge in [0.25, 0.3) is 5.91 Å². The second-order valence-electron chi connectivity index (χ2n) is 5.49. The first kappa shape index (κ1) is 14.6. The van der Waals surface area contributed by atoms with Crippen LogP contribution in [0, 0.1) is 0 Å². The molecule has 0 unspecified atom stereocenters. The number of carbonyl (C=O) groups is 2. The fourth-order valence-electron chi connectivity index (χ4n) is 2.37. The van der Waals surface area contributed by atoms with Gasteiger partial charge in [-0.1, -0.05) is 13.8 Å². The molecule has 0 aliphatic heterocycles. The Bertz CT molecular complexity index is 502. The van der Waals surface area contributed by atoms with Crippen molar-refractivity contribution in [3.05, 3.63) is 17.5 Å². The predicted octanol–water partition coefficient (Wildman–Crippen LogP) is 2.05. The number of carbonyl (C=O) groups excluding carboxylic acids is 1. The van der Waals surface area contributed by atoms with Gasteiger partial charge in [-0.2, -0.15) is 5.10 Å². The van der Waals surface area contributed by atoms with E-state index < -0.39 is 11.5 Å². The molecule has 0 atom stereocenters. The summed E-state index contributed by atoms with van der Waals surface area (Å²) < 4.78 is 0. The number of carboxylic acid groups (broad SMARTS) is 1. The molecule has 1 saturated carbocycles. The lowest BCUT2D eigenvalue weighted by Crippen LogP contribution is -2.49. The Labute approximate surface area is 118 Å². The summed E-state index contributed by atoms with van der Waals surface area (Å²) in [6.07, 6.45) is 3.33. The van der Waals surface area contributed by atoms with E-state index in [9.17, 15) is 9.59 Å². The number of H-pyrrole nitrogens is 1. The number of nitrogens with one attached hydrogen (secondary N) is 2. The fraction of sp³-hybridized carbons (Fsp3) is 0.643. The molecule has 1 amide bonds. The van der Waals surface area contributed by atoms with Gasteiger partial charge in [-0.3, -0.25) is 14.7 Å². The minimum Gasteiger partial charge on any atom is -0.481 e. The Hall–Kier alpha value is -1.85. The zero-order valence-electron chi connectivity index (χ0n) is 11.9. The van der Waals surface area contributed by atoms with Crippen molar-refractivity contribution < 1.29 is 14.7 Å². The first-order valence-corrected chi connectivity index (χ1v) is 7.09. The summed E-state index contributed by atoms with van der Waals surface area (Å²) in [5, 5.41) is 18.8. The Morgan fingerprint density at radius 2 is 2.10 bits per heavy atom. The van der Waals surface area contributed by atoms with Crippen LogP contribution in [-0.2, 0) is 4.79 Å². The Morgan fingerprint density at radius 1 is 1.45 bits per heavy atom. The van der Waals surface area contributed by atoms with Gasteiger partial charge in [-0.05, 0) is 31.7 Å². The van der Waals surface area contributed by atoms with E-state index in [1.807, 2.05) is 13.8 Å². The van der Waals surface area contributed by atoms with Crippen LogP contribution in [0.1, 0.15) is 68.1 Å². The second kappa shape index (κ2) is 5.64. The van der Waals surface area contributed by atoms with Crippen LogP contribution in [0.3, 0.4) is 0 Å². The zero-order valence-corrected chi connectivity index (χ0v) is 11.9. The Morgan fingerprint density at radius 3 is 2.60 bits per heavy atom. The lowest BCUT2D eigenvalue weighted by molar-refractivity contribution is -0.138. The summed E-state index contributed by atoms with van der Waals surface area (Å²) in [5.41, 5.74) is 0.622. The number of hydrogen-bond donors (Lipinski definition) is 3. The second-order valence-corrected chi connectivity index (χ2v) is 5.49. The molecule has 0 bridgehead atoms. The molecule has 0 saturated heterocycles. The summed E-state index contributed by atoms with van der Waals surface area (Å²) in [5.74, 6) is -0.710. The Balaban J connectivity index is 2.08. The molecule has 6 heteroatoms. The average Bonchev–Trinajstić information content (AvgIpc) is 3.14. The maximum absolute atomic E-state index is 12.2. The third-order valence-corrected chi connectivity index (χ3v) is 4.07. The summed E-state index contributed by atoms with van der Waals surface area (Å²) in [4.78, 5) is 23.2. The van der Waals surface area contributed by atoms with Crippen molar-refractivity contribution in [2.45, 2.75) is 57.4 Å². The average molecular weight is 279 g/mol. The molecule has 3 N–H and O–H groups in total. The van der Waals surface area contributed by atoms with E-state index in [0.717, 1.165) is 18.5 Å². The highest BCUT2D eigenvalue weighted by atomic mass is 16.4. The van der Waals surface area contributed by atoms with Crippen LogP contribution < -0.4 is 5.32 Å². The number of amides is 1. The van der Waals surface area contributed by atoms with Crippen molar-refractivity contribution in [2.75, 3.05) is 0 Å². The van der Waals surface area contributed by atoms with Crippen LogP contribution in [0.25, 0.3) is 0 Å². The smallest absolute Gasteiger partial charge is 0.305 e. The summed E-state index contributed by atoms with van der Waals surface area (Å²) in [6, 6.07) is 1.77. The maximum atomic E-state index is 12.2. The van der Waals surface area contributed by atoms with Crippen molar-refractivity contribution in [1.29, 1.82) is 0 Å². The van der Waals surface area contributed by atoms with Gasteiger partial charge < -0.3 is 10.4 Å². The van der Waals surface area contributed by atoms with Gasteiger partial charge in [0.05, 0.1) is 12.0 Å². The van der Waals surface area contributed by atoms with E-state index in [-0.39, 0.29) is 12.3 Å². The van der Waals surface area contributed by atoms with Gasteiger partial charge in [0.1, 0.15) is 5.69 Å². The number of hydrogen-bond acceptors (Lipinski definition) is 3. The number of rotatable bonds is 7. The molecule has 1 aromatic rings. The van der Waals surface area contributed by atoms with Crippen LogP contribution in [0.4, 0.5) is 0 Å². The van der Waals surface area contributed by atoms with Crippen LogP contribution in [0.15, 0.2) is 6.07 Å². The summed E-state index contributed by atoms with van der Waals surface area (Å²) in [7, 11) is 0. The van der Waals surface area contributed by atoms with Crippen LogP contribution in [0.5, 0.6) is 0 Å². The third kappa shape index (κ3) is 3.18. The highest BCUT2D eigenvalue weighted by Gasteiger charge is 2.32. The molecule has 110 valence electrons. The lowest BCUT2D eigenvalue weighted by Gasteiger charge is -2.31. The standard InChI is InChI=1S/C14H21N3O3/c1-3-14(4-2,8-12(18)19)15-13(20)11-7-10(16-17-11)9-5-6-9/h7,9H,3-6,8H2,1-2H3,(H,15,20)(H,16,17)(H,18,19). The molecule has 20 heavy (non-hydrogen) atoms. The maximum Gasteiger partial charge on any atom is 0.305 e. The molecule has 0 spiro atoms. The monoisotopic (exact) mass is 279 g/mol. The molecule has 1 aliphatic carbocycles. The molecule has 2 rings (SSSR count). The first-order valence-electron chi connectivity index (χ1n) is 7.09. The Kier molecular flexibility index (Phi) is 4.11. The van der Waals surface area contributed by atoms with Gasteiger partial charge in [0.15, 0.2) is 0 Å². The fourth-order valence-corrected chi connectivity index (χ4v) is 2.37. The molecule has 1 heterocycles. The van der Waals surface area contributed by atoms with E-state index in [2.05, 4.69) is 15.5 Å². The van der Waals surface area contributed by atoms with Crippen LogP contribution in [-0.4, -0.2) is 32.7 Å². The quantitative estimate of drug-likeness (QED) is 0.712. The van der Waals surface area contributed by atoms with Gasteiger partial charge in [-0.15, -0.1) is 0 Å². The molecular weight excluding hydrogens is 258 g/mol. The summed E-state index contributed by atoms with van der Waals surface area (Å²) >= 11 is 0. The van der Waals surface area contributed by atoms with Crippen LogP contribution in [0.2, 0.25) is 0 Å². The number of nitrogens with zero attached hydrogens (tertiary/aromatic N) is 1. The molecule has 0 aromatic carbocycles. The van der Waals surface area contributed by atoms with Crippen molar-refractivity contribution in [1.82, 2.24) is 15.5 Å². The third-order valence-electron chi connectivity index (χ3n) is 4.07. The molecular formula is C14H21N3O3. The van der Waals surface area contributed by atoms with Gasteiger partial charge in [-0.25, -0.2) is 0 Å². The molecule has 1 aliphatic rings. The van der Waals surface area contributed by atoms with Gasteiger partial charge in [0, 0.05) is 11.6 Å². The predicted molar refractivity (Wildman–Crippen MR) is 73.6 cm³/mol. The van der Waals surface area contributed by atoms with E-state index in [4.69, 9.17) is 5.11 Å². The van der Waals surface area contributed by atoms with E-state index in [0.29, 0.717) is 24.5 Å². The van der Waals surface area contributed by atoms with Gasteiger partial charge >= 0.3 is 5.97 Å². The minimum atomic E-state index is -0.908. The van der Waals surface area contributed by atoms with Gasteiger partial charge in [0.2, 0.25) is 0 Å². The van der Waals surface area contributed by atoms with E-state index in [1.54, 1.807) is 6.07 Å².